The quantitative estimate of drug-likeness (QED) is 0.425. The van der Waals surface area contributed by atoms with E-state index in [1.807, 2.05) is 36.4 Å². The van der Waals surface area contributed by atoms with E-state index in [-0.39, 0.29) is 5.97 Å². The first-order valence-electron chi connectivity index (χ1n) is 9.11. The average Bonchev–Trinajstić information content (AvgIpc) is 2.89. The van der Waals surface area contributed by atoms with Crippen molar-refractivity contribution in [1.82, 2.24) is 0 Å². The molecule has 24 heavy (non-hydrogen) atoms. The van der Waals surface area contributed by atoms with Gasteiger partial charge in [-0.2, -0.15) is 0 Å². The highest BCUT2D eigenvalue weighted by molar-refractivity contribution is 5.85. The Kier molecular flexibility index (Phi) is 5.34. The Balaban J connectivity index is 1.91. The zero-order valence-corrected chi connectivity index (χ0v) is 14.5. The molecule has 1 fully saturated rings. The molecule has 2 nitrogen and oxygen atoms in total. The van der Waals surface area contributed by atoms with Gasteiger partial charge in [-0.25, -0.2) is 0 Å². The van der Waals surface area contributed by atoms with Crippen molar-refractivity contribution in [3.63, 3.8) is 0 Å². The number of ether oxygens (including phenoxy) is 1. The fraction of sp³-hybridized carbons (Fsp3) is 0.409. The maximum Gasteiger partial charge on any atom is 0.321 e. The smallest absolute Gasteiger partial charge is 0.321 e. The van der Waals surface area contributed by atoms with Crippen LogP contribution in [0.25, 0.3) is 0 Å². The Morgan fingerprint density at radius 2 is 1.67 bits per heavy atom. The molecule has 0 aromatic heterocycles. The van der Waals surface area contributed by atoms with Crippen molar-refractivity contribution in [1.29, 1.82) is 0 Å². The van der Waals surface area contributed by atoms with Gasteiger partial charge in [-0.15, -0.1) is 0 Å². The molecule has 0 amide bonds. The van der Waals surface area contributed by atoms with Crippen LogP contribution in [0.1, 0.15) is 56.6 Å². The Labute approximate surface area is 144 Å². The molecule has 0 atom stereocenters. The van der Waals surface area contributed by atoms with Gasteiger partial charge < -0.3 is 4.74 Å². The third-order valence-electron chi connectivity index (χ3n) is 5.19. The molecule has 0 saturated heterocycles. The third-order valence-corrected chi connectivity index (χ3v) is 5.19. The van der Waals surface area contributed by atoms with E-state index in [1.165, 1.54) is 18.4 Å². The van der Waals surface area contributed by atoms with Crippen LogP contribution in [0.2, 0.25) is 0 Å². The fourth-order valence-electron chi connectivity index (χ4n) is 3.73. The van der Waals surface area contributed by atoms with Gasteiger partial charge >= 0.3 is 5.97 Å². The minimum atomic E-state index is -0.500. The fourth-order valence-corrected chi connectivity index (χ4v) is 3.73. The summed E-state index contributed by atoms with van der Waals surface area (Å²) in [5.74, 6) is 0.572. The first kappa shape index (κ1) is 16.8. The van der Waals surface area contributed by atoms with Crippen LogP contribution in [-0.4, -0.2) is 5.97 Å². The molecule has 0 aliphatic heterocycles. The second kappa shape index (κ2) is 7.65. The second-order valence-corrected chi connectivity index (χ2v) is 6.75. The van der Waals surface area contributed by atoms with Gasteiger partial charge in [0.2, 0.25) is 0 Å². The summed E-state index contributed by atoms with van der Waals surface area (Å²) in [5.41, 5.74) is 1.79. The molecule has 0 radical (unpaired) electrons. The predicted molar refractivity (Wildman–Crippen MR) is 97.3 cm³/mol. The van der Waals surface area contributed by atoms with Crippen molar-refractivity contribution >= 4 is 5.97 Å². The summed E-state index contributed by atoms with van der Waals surface area (Å²) in [6.45, 7) is 2.11. The number of hydrogen-bond donors (Lipinski definition) is 0. The first-order valence-corrected chi connectivity index (χ1v) is 9.11. The molecule has 2 aromatic rings. The normalized spacial score (nSPS) is 17.0. The number of esters is 1. The van der Waals surface area contributed by atoms with Crippen molar-refractivity contribution in [2.24, 2.45) is 0 Å². The number of benzene rings is 2. The molecule has 2 aromatic carbocycles. The molecular weight excluding hydrogens is 296 g/mol. The second-order valence-electron chi connectivity index (χ2n) is 6.75. The van der Waals surface area contributed by atoms with Crippen LogP contribution in [0.15, 0.2) is 54.6 Å². The van der Waals surface area contributed by atoms with Gasteiger partial charge in [-0.1, -0.05) is 75.1 Å². The molecule has 1 aliphatic carbocycles. The highest BCUT2D eigenvalue weighted by Gasteiger charge is 2.41. The van der Waals surface area contributed by atoms with Crippen LogP contribution < -0.4 is 4.74 Å². The molecule has 0 N–H and O–H groups in total. The highest BCUT2D eigenvalue weighted by Crippen LogP contribution is 2.39. The average molecular weight is 322 g/mol. The molecule has 0 spiro atoms. The van der Waals surface area contributed by atoms with E-state index in [0.29, 0.717) is 5.75 Å². The summed E-state index contributed by atoms with van der Waals surface area (Å²) in [4.78, 5) is 13.2. The lowest BCUT2D eigenvalue weighted by Gasteiger charge is -2.31. The molecule has 1 saturated carbocycles. The summed E-state index contributed by atoms with van der Waals surface area (Å²) in [6.07, 6.45) is 7.26. The summed E-state index contributed by atoms with van der Waals surface area (Å²) in [5, 5.41) is 0. The van der Waals surface area contributed by atoms with E-state index >= 15 is 0 Å². The molecule has 1 aliphatic rings. The lowest BCUT2D eigenvalue weighted by atomic mass is 9.74. The summed E-state index contributed by atoms with van der Waals surface area (Å²) in [6, 6.07) is 18.1. The standard InChI is InChI=1S/C22H26O2/c1-2-18-11-10-14-20(17-18)24-21(23)22(15-8-3-4-9-16-22)19-12-6-5-7-13-19/h5-7,10-14,17H,2-4,8-9,15-16H2,1H3. The summed E-state index contributed by atoms with van der Waals surface area (Å²) >= 11 is 0. The van der Waals surface area contributed by atoms with E-state index in [4.69, 9.17) is 4.74 Å². The molecule has 2 heteroatoms. The lowest BCUT2D eigenvalue weighted by Crippen LogP contribution is -2.39. The van der Waals surface area contributed by atoms with Gasteiger partial charge in [-0.05, 0) is 42.5 Å². The van der Waals surface area contributed by atoms with E-state index in [2.05, 4.69) is 25.1 Å². The minimum Gasteiger partial charge on any atom is -0.426 e. The minimum absolute atomic E-state index is 0.0937. The number of carbonyl (C=O) groups is 1. The maximum absolute atomic E-state index is 13.2. The number of aryl methyl sites for hydroxylation is 1. The Morgan fingerprint density at radius 1 is 0.958 bits per heavy atom. The zero-order chi connectivity index (χ0) is 16.8. The van der Waals surface area contributed by atoms with Crippen LogP contribution in [0.4, 0.5) is 0 Å². The van der Waals surface area contributed by atoms with Crippen molar-refractivity contribution in [2.75, 3.05) is 0 Å². The van der Waals surface area contributed by atoms with E-state index in [0.717, 1.165) is 37.7 Å². The Morgan fingerprint density at radius 3 is 2.33 bits per heavy atom. The van der Waals surface area contributed by atoms with Crippen LogP contribution in [0, 0.1) is 0 Å². The van der Waals surface area contributed by atoms with E-state index < -0.39 is 5.41 Å². The van der Waals surface area contributed by atoms with Gasteiger partial charge in [0.05, 0.1) is 5.41 Å². The number of carbonyl (C=O) groups excluding carboxylic acids is 1. The molecule has 0 heterocycles. The number of rotatable bonds is 4. The molecule has 0 bridgehead atoms. The van der Waals surface area contributed by atoms with Crippen molar-refractivity contribution in [2.45, 2.75) is 57.3 Å². The lowest BCUT2D eigenvalue weighted by molar-refractivity contribution is -0.141. The van der Waals surface area contributed by atoms with Crippen LogP contribution in [0.3, 0.4) is 0 Å². The van der Waals surface area contributed by atoms with E-state index in [9.17, 15) is 4.79 Å². The summed E-state index contributed by atoms with van der Waals surface area (Å²) < 4.78 is 5.87. The Hall–Kier alpha value is -2.09. The number of hydrogen-bond acceptors (Lipinski definition) is 2. The van der Waals surface area contributed by atoms with Gasteiger partial charge in [0.15, 0.2) is 0 Å². The summed E-state index contributed by atoms with van der Waals surface area (Å²) in [7, 11) is 0. The Bertz CT molecular complexity index is 667. The highest BCUT2D eigenvalue weighted by atomic mass is 16.5. The monoisotopic (exact) mass is 322 g/mol. The predicted octanol–water partition coefficient (Wildman–Crippen LogP) is 5.45. The van der Waals surface area contributed by atoms with Crippen LogP contribution in [0.5, 0.6) is 5.75 Å². The van der Waals surface area contributed by atoms with Crippen LogP contribution >= 0.6 is 0 Å². The van der Waals surface area contributed by atoms with Crippen molar-refractivity contribution < 1.29 is 9.53 Å². The first-order chi connectivity index (χ1) is 11.7. The molecule has 126 valence electrons. The molecular formula is C22H26O2. The van der Waals surface area contributed by atoms with Crippen LogP contribution in [-0.2, 0) is 16.6 Å². The van der Waals surface area contributed by atoms with Gasteiger partial charge in [0.25, 0.3) is 0 Å². The largest absolute Gasteiger partial charge is 0.426 e. The van der Waals surface area contributed by atoms with Gasteiger partial charge in [0, 0.05) is 0 Å². The van der Waals surface area contributed by atoms with E-state index in [1.54, 1.807) is 0 Å². The molecule has 0 unspecified atom stereocenters. The van der Waals surface area contributed by atoms with Gasteiger partial charge in [-0.3, -0.25) is 4.79 Å². The maximum atomic E-state index is 13.2. The topological polar surface area (TPSA) is 26.3 Å². The van der Waals surface area contributed by atoms with Crippen molar-refractivity contribution in [3.05, 3.63) is 65.7 Å². The zero-order valence-electron chi connectivity index (χ0n) is 14.5. The molecule has 3 rings (SSSR count). The van der Waals surface area contributed by atoms with Crippen molar-refractivity contribution in [3.8, 4) is 5.75 Å². The van der Waals surface area contributed by atoms with Gasteiger partial charge in [0.1, 0.15) is 5.75 Å². The third kappa shape index (κ3) is 3.53. The SMILES string of the molecule is CCc1cccc(OC(=O)C2(c3ccccc3)CCCCCC2)c1.